The van der Waals surface area contributed by atoms with E-state index in [1.807, 2.05) is 36.4 Å². The van der Waals surface area contributed by atoms with E-state index in [4.69, 9.17) is 0 Å². The zero-order chi connectivity index (χ0) is 18.4. The maximum Gasteiger partial charge on any atom is 0.274 e. The Balaban J connectivity index is 1.70. The highest BCUT2D eigenvalue weighted by Crippen LogP contribution is 2.24. The molecule has 1 amide bonds. The number of hydrogen-bond acceptors (Lipinski definition) is 5. The standard InChI is InChI=1S/C20H21N5O/c1-14(2)16-5-3-4-6-17(16)24-19(26)18-9-12-22-20(25-18)23-13-15-7-10-21-11-8-15/h3-12,14H,13H2,1-2H3,(H,24,26)(H,22,23,25). The van der Waals surface area contributed by atoms with E-state index in [0.717, 1.165) is 16.8 Å². The van der Waals surface area contributed by atoms with Crippen LogP contribution >= 0.6 is 0 Å². The molecule has 0 aliphatic carbocycles. The third-order valence-electron chi connectivity index (χ3n) is 3.92. The second-order valence-corrected chi connectivity index (χ2v) is 6.17. The summed E-state index contributed by atoms with van der Waals surface area (Å²) in [6, 6.07) is 13.2. The maximum atomic E-state index is 12.6. The molecular weight excluding hydrogens is 326 g/mol. The molecule has 6 nitrogen and oxygen atoms in total. The van der Waals surface area contributed by atoms with Gasteiger partial charge in [-0.1, -0.05) is 32.0 Å². The highest BCUT2D eigenvalue weighted by atomic mass is 16.1. The molecule has 0 unspecified atom stereocenters. The van der Waals surface area contributed by atoms with Crippen molar-refractivity contribution in [2.24, 2.45) is 0 Å². The Labute approximate surface area is 152 Å². The highest BCUT2D eigenvalue weighted by molar-refractivity contribution is 6.03. The normalized spacial score (nSPS) is 10.6. The van der Waals surface area contributed by atoms with E-state index in [0.29, 0.717) is 24.1 Å². The van der Waals surface area contributed by atoms with Gasteiger partial charge in [-0.2, -0.15) is 0 Å². The van der Waals surface area contributed by atoms with Crippen molar-refractivity contribution in [3.63, 3.8) is 0 Å². The zero-order valence-electron chi connectivity index (χ0n) is 14.8. The number of nitrogens with zero attached hydrogens (tertiary/aromatic N) is 3. The number of aromatic nitrogens is 3. The number of amides is 1. The molecule has 1 aromatic carbocycles. The lowest BCUT2D eigenvalue weighted by molar-refractivity contribution is 0.102. The SMILES string of the molecule is CC(C)c1ccccc1NC(=O)c1ccnc(NCc2ccncc2)n1. The molecule has 0 saturated heterocycles. The first-order chi connectivity index (χ1) is 12.6. The molecule has 0 aliphatic rings. The molecule has 0 spiro atoms. The Bertz CT molecular complexity index is 880. The van der Waals surface area contributed by atoms with Gasteiger partial charge in [-0.3, -0.25) is 9.78 Å². The molecule has 0 fully saturated rings. The van der Waals surface area contributed by atoms with E-state index in [1.165, 1.54) is 0 Å². The van der Waals surface area contributed by atoms with Crippen molar-refractivity contribution in [3.05, 3.63) is 77.9 Å². The van der Waals surface area contributed by atoms with Gasteiger partial charge in [-0.15, -0.1) is 0 Å². The summed E-state index contributed by atoms with van der Waals surface area (Å²) in [5.41, 5.74) is 3.27. The lowest BCUT2D eigenvalue weighted by Gasteiger charge is -2.13. The van der Waals surface area contributed by atoms with E-state index in [2.05, 4.69) is 39.4 Å². The third-order valence-corrected chi connectivity index (χ3v) is 3.92. The van der Waals surface area contributed by atoms with Crippen LogP contribution in [0.5, 0.6) is 0 Å². The average molecular weight is 347 g/mol. The number of rotatable bonds is 6. The van der Waals surface area contributed by atoms with E-state index < -0.39 is 0 Å². The van der Waals surface area contributed by atoms with Gasteiger partial charge < -0.3 is 10.6 Å². The molecule has 0 saturated carbocycles. The molecule has 0 atom stereocenters. The summed E-state index contributed by atoms with van der Waals surface area (Å²) < 4.78 is 0. The summed E-state index contributed by atoms with van der Waals surface area (Å²) in [7, 11) is 0. The van der Waals surface area contributed by atoms with Gasteiger partial charge in [0.2, 0.25) is 5.95 Å². The first kappa shape index (κ1) is 17.5. The van der Waals surface area contributed by atoms with Crippen LogP contribution < -0.4 is 10.6 Å². The summed E-state index contributed by atoms with van der Waals surface area (Å²) in [6.07, 6.45) is 5.03. The fourth-order valence-electron chi connectivity index (χ4n) is 2.55. The second kappa shape index (κ2) is 8.20. The molecule has 6 heteroatoms. The van der Waals surface area contributed by atoms with Gasteiger partial charge >= 0.3 is 0 Å². The van der Waals surface area contributed by atoms with Gasteiger partial charge in [0.05, 0.1) is 0 Å². The molecule has 132 valence electrons. The zero-order valence-corrected chi connectivity index (χ0v) is 14.8. The molecule has 2 heterocycles. The van der Waals surface area contributed by atoms with Crippen molar-refractivity contribution in [2.75, 3.05) is 10.6 Å². The Kier molecular flexibility index (Phi) is 5.53. The summed E-state index contributed by atoms with van der Waals surface area (Å²) in [6.45, 7) is 4.75. The van der Waals surface area contributed by atoms with Crippen molar-refractivity contribution >= 4 is 17.5 Å². The van der Waals surface area contributed by atoms with Crippen LogP contribution in [-0.2, 0) is 6.54 Å². The molecule has 3 aromatic rings. The van der Waals surface area contributed by atoms with E-state index in [1.54, 1.807) is 24.7 Å². The first-order valence-electron chi connectivity index (χ1n) is 8.49. The van der Waals surface area contributed by atoms with E-state index >= 15 is 0 Å². The van der Waals surface area contributed by atoms with Crippen LogP contribution in [0.25, 0.3) is 0 Å². The fourth-order valence-corrected chi connectivity index (χ4v) is 2.55. The molecule has 26 heavy (non-hydrogen) atoms. The Hall–Kier alpha value is -3.28. The van der Waals surface area contributed by atoms with Crippen LogP contribution in [0.1, 0.15) is 41.4 Å². The predicted molar refractivity (Wildman–Crippen MR) is 102 cm³/mol. The van der Waals surface area contributed by atoms with Crippen molar-refractivity contribution in [1.82, 2.24) is 15.0 Å². The summed E-state index contributed by atoms with van der Waals surface area (Å²) in [5.74, 6) is 0.466. The first-order valence-corrected chi connectivity index (χ1v) is 8.49. The van der Waals surface area contributed by atoms with Crippen LogP contribution in [0.2, 0.25) is 0 Å². The van der Waals surface area contributed by atoms with Gasteiger partial charge in [0.15, 0.2) is 0 Å². The van der Waals surface area contributed by atoms with Crippen LogP contribution in [0.3, 0.4) is 0 Å². The third kappa shape index (κ3) is 4.42. The number of nitrogens with one attached hydrogen (secondary N) is 2. The van der Waals surface area contributed by atoms with Crippen LogP contribution in [0.15, 0.2) is 61.1 Å². The minimum Gasteiger partial charge on any atom is -0.350 e. The van der Waals surface area contributed by atoms with Crippen LogP contribution in [0, 0.1) is 0 Å². The molecule has 0 bridgehead atoms. The van der Waals surface area contributed by atoms with Crippen molar-refractivity contribution < 1.29 is 4.79 Å². The highest BCUT2D eigenvalue weighted by Gasteiger charge is 2.12. The number of pyridine rings is 1. The van der Waals surface area contributed by atoms with Gasteiger partial charge in [0, 0.05) is 30.8 Å². The number of benzene rings is 1. The van der Waals surface area contributed by atoms with Crippen LogP contribution in [0.4, 0.5) is 11.6 Å². The fraction of sp³-hybridized carbons (Fsp3) is 0.200. The second-order valence-electron chi connectivity index (χ2n) is 6.17. The molecule has 2 aromatic heterocycles. The maximum absolute atomic E-state index is 12.6. The number of carbonyl (C=O) groups excluding carboxylic acids is 1. The van der Waals surface area contributed by atoms with Gasteiger partial charge in [0.25, 0.3) is 5.91 Å². The van der Waals surface area contributed by atoms with Crippen molar-refractivity contribution in [3.8, 4) is 0 Å². The number of carbonyl (C=O) groups is 1. The molecule has 0 aliphatic heterocycles. The summed E-state index contributed by atoms with van der Waals surface area (Å²) in [4.78, 5) is 25.0. The molecular formula is C20H21N5O. The lowest BCUT2D eigenvalue weighted by atomic mass is 10.0. The Morgan fingerprint density at radius 3 is 2.58 bits per heavy atom. The van der Waals surface area contributed by atoms with Gasteiger partial charge in [-0.25, -0.2) is 9.97 Å². The smallest absolute Gasteiger partial charge is 0.274 e. The quantitative estimate of drug-likeness (QED) is 0.708. The topological polar surface area (TPSA) is 79.8 Å². The van der Waals surface area contributed by atoms with Gasteiger partial charge in [0.1, 0.15) is 5.69 Å². The van der Waals surface area contributed by atoms with Gasteiger partial charge in [-0.05, 0) is 41.3 Å². The largest absolute Gasteiger partial charge is 0.350 e. The Morgan fingerprint density at radius 2 is 1.81 bits per heavy atom. The lowest BCUT2D eigenvalue weighted by Crippen LogP contribution is -2.16. The molecule has 0 radical (unpaired) electrons. The van der Waals surface area contributed by atoms with E-state index in [-0.39, 0.29) is 5.91 Å². The number of hydrogen-bond donors (Lipinski definition) is 2. The number of para-hydroxylation sites is 1. The summed E-state index contributed by atoms with van der Waals surface area (Å²) >= 11 is 0. The average Bonchev–Trinajstić information content (AvgIpc) is 2.67. The van der Waals surface area contributed by atoms with Crippen LogP contribution in [-0.4, -0.2) is 20.9 Å². The van der Waals surface area contributed by atoms with Crippen molar-refractivity contribution in [1.29, 1.82) is 0 Å². The predicted octanol–water partition coefficient (Wildman–Crippen LogP) is 3.86. The van der Waals surface area contributed by atoms with E-state index in [9.17, 15) is 4.79 Å². The minimum atomic E-state index is -0.257. The molecule has 2 N–H and O–H groups in total. The minimum absolute atomic E-state index is 0.257. The van der Waals surface area contributed by atoms with Crippen molar-refractivity contribution in [2.45, 2.75) is 26.3 Å². The molecule has 3 rings (SSSR count). The monoisotopic (exact) mass is 347 g/mol. The number of anilines is 2. The Morgan fingerprint density at radius 1 is 1.04 bits per heavy atom. The summed E-state index contributed by atoms with van der Waals surface area (Å²) in [5, 5.41) is 6.06.